The van der Waals surface area contributed by atoms with Crippen LogP contribution in [0.2, 0.25) is 5.02 Å². The molecule has 61 heavy (non-hydrogen) atoms. The van der Waals surface area contributed by atoms with Crippen LogP contribution in [0.15, 0.2) is 112 Å². The molecule has 0 unspecified atom stereocenters. The van der Waals surface area contributed by atoms with Crippen molar-refractivity contribution in [2.45, 2.75) is 77.5 Å². The minimum atomic E-state index is -0.399. The lowest BCUT2D eigenvalue weighted by Gasteiger charge is -2.39. The van der Waals surface area contributed by atoms with E-state index in [0.717, 1.165) is 91.3 Å². The quantitative estimate of drug-likeness (QED) is 0.0375. The number of nitrogens with zero attached hydrogens (tertiary/aromatic N) is 4. The normalized spacial score (nSPS) is 15.1. The number of piperazine rings is 1. The Labute approximate surface area is 379 Å². The third-order valence-electron chi connectivity index (χ3n) is 10.7. The molecule has 1 saturated heterocycles. The van der Waals surface area contributed by atoms with Crippen molar-refractivity contribution in [3.8, 4) is 0 Å². The van der Waals surface area contributed by atoms with Crippen LogP contribution in [0, 0.1) is 21.4 Å². The molecule has 0 spiro atoms. The number of halogens is 1. The van der Waals surface area contributed by atoms with Gasteiger partial charge in [0.2, 0.25) is 0 Å². The van der Waals surface area contributed by atoms with Gasteiger partial charge < -0.3 is 15.1 Å². The van der Waals surface area contributed by atoms with E-state index >= 15 is 0 Å². The Bertz CT molecular complexity index is 1990. The fourth-order valence-corrected chi connectivity index (χ4v) is 9.04. The molecule has 0 atom stereocenters. The summed E-state index contributed by atoms with van der Waals surface area (Å²) in [5, 5.41) is 15.8. The zero-order chi connectivity index (χ0) is 44.4. The molecule has 1 amide bonds. The summed E-state index contributed by atoms with van der Waals surface area (Å²) in [5.74, 6) is 1.33. The van der Waals surface area contributed by atoms with Crippen LogP contribution in [0.1, 0.15) is 83.7 Å². The van der Waals surface area contributed by atoms with Gasteiger partial charge in [-0.1, -0.05) is 96.0 Å². The van der Waals surface area contributed by atoms with Gasteiger partial charge in [-0.2, -0.15) is 0 Å². The number of benzene rings is 4. The van der Waals surface area contributed by atoms with Gasteiger partial charge in [-0.25, -0.2) is 0 Å². The van der Waals surface area contributed by atoms with Crippen LogP contribution in [-0.2, 0) is 0 Å². The maximum Gasteiger partial charge on any atom is 0.293 e. The molecule has 1 aliphatic heterocycles. The van der Waals surface area contributed by atoms with E-state index in [1.807, 2.05) is 80.6 Å². The van der Waals surface area contributed by atoms with Gasteiger partial charge >= 0.3 is 0 Å². The molecule has 0 saturated carbocycles. The van der Waals surface area contributed by atoms with Crippen LogP contribution < -0.4 is 14.9 Å². The number of anilines is 2. The Balaban J connectivity index is 0.000000736. The lowest BCUT2D eigenvalue weighted by Crippen LogP contribution is -2.47. The summed E-state index contributed by atoms with van der Waals surface area (Å²) in [6.45, 7) is 23.2. The highest BCUT2D eigenvalue weighted by atomic mass is 35.5. The van der Waals surface area contributed by atoms with Gasteiger partial charge in [0.15, 0.2) is 0 Å². The summed E-state index contributed by atoms with van der Waals surface area (Å²) in [6.07, 6.45) is 3.40. The Morgan fingerprint density at radius 1 is 0.934 bits per heavy atom. The number of allylic oxidation sites excluding steroid dienone is 1. The molecular weight excluding hydrogens is 820 g/mol. The molecule has 4 aromatic carbocycles. The van der Waals surface area contributed by atoms with Gasteiger partial charge in [0, 0.05) is 83.7 Å². The van der Waals surface area contributed by atoms with Crippen LogP contribution in [0.25, 0.3) is 5.57 Å². The first-order valence-electron chi connectivity index (χ1n) is 21.7. The van der Waals surface area contributed by atoms with E-state index in [0.29, 0.717) is 28.1 Å². The number of carbonyl (C=O) groups excluding carboxylic acids is 1. The van der Waals surface area contributed by atoms with Gasteiger partial charge in [-0.15, -0.1) is 11.8 Å². The number of carbonyl (C=O) groups is 1. The van der Waals surface area contributed by atoms with Crippen molar-refractivity contribution >= 4 is 63.9 Å². The predicted molar refractivity (Wildman–Crippen MR) is 263 cm³/mol. The lowest BCUT2D eigenvalue weighted by molar-refractivity contribution is -0.384. The highest BCUT2D eigenvalue weighted by Crippen LogP contribution is 2.43. The van der Waals surface area contributed by atoms with Crippen molar-refractivity contribution < 1.29 is 9.72 Å². The van der Waals surface area contributed by atoms with Crippen LogP contribution in [-0.4, -0.2) is 85.8 Å². The topological polar surface area (TPSA) is 94.0 Å². The van der Waals surface area contributed by atoms with Gasteiger partial charge in [0.25, 0.3) is 11.6 Å². The number of rotatable bonds is 16. The monoisotopic (exact) mass is 886 g/mol. The molecule has 1 fully saturated rings. The number of nitro groups is 1. The fourth-order valence-electron chi connectivity index (χ4n) is 7.48. The number of nitrogens with one attached hydrogen (secondary N) is 2. The molecular formula is C49H67ClN6O3S2. The highest BCUT2D eigenvalue weighted by molar-refractivity contribution is 7.99. The van der Waals surface area contributed by atoms with E-state index < -0.39 is 4.92 Å². The van der Waals surface area contributed by atoms with Crippen LogP contribution in [0.5, 0.6) is 0 Å². The van der Waals surface area contributed by atoms with Crippen LogP contribution >= 0.6 is 35.3 Å². The van der Waals surface area contributed by atoms with E-state index in [-0.39, 0.29) is 11.6 Å². The number of hydrogen-bond donors (Lipinski definition) is 2. The number of thioether (sulfide) groups is 1. The third-order valence-corrected chi connectivity index (χ3v) is 12.8. The summed E-state index contributed by atoms with van der Waals surface area (Å²) in [5.41, 5.74) is 6.70. The maximum atomic E-state index is 13.0. The second kappa shape index (κ2) is 25.2. The van der Waals surface area contributed by atoms with Crippen LogP contribution in [0.4, 0.5) is 17.1 Å². The molecule has 330 valence electrons. The van der Waals surface area contributed by atoms with Gasteiger partial charge in [0.05, 0.1) is 4.92 Å². The molecule has 9 nitrogen and oxygen atoms in total. The highest BCUT2D eigenvalue weighted by Gasteiger charge is 2.29. The van der Waals surface area contributed by atoms with Crippen molar-refractivity contribution in [1.29, 1.82) is 0 Å². The van der Waals surface area contributed by atoms with Crippen molar-refractivity contribution in [2.24, 2.45) is 11.3 Å². The number of amides is 1. The maximum absolute atomic E-state index is 13.0. The second-order valence-corrected chi connectivity index (χ2v) is 19.0. The first kappa shape index (κ1) is 49.7. The molecule has 0 radical (unpaired) electrons. The zero-order valence-corrected chi connectivity index (χ0v) is 39.9. The van der Waals surface area contributed by atoms with Crippen molar-refractivity contribution in [2.75, 3.05) is 75.4 Å². The lowest BCUT2D eigenvalue weighted by atomic mass is 9.73. The molecule has 2 N–H and O–H groups in total. The van der Waals surface area contributed by atoms with Gasteiger partial charge in [-0.05, 0) is 128 Å². The molecule has 12 heteroatoms. The Kier molecular flexibility index (Phi) is 20.5. The zero-order valence-electron chi connectivity index (χ0n) is 37.5. The SMILES string of the molecule is CC.CC1(C)CCC(c2ccc(Cl)cc2)=C(CN2CCN(c3ccc(C(=O)NSc4ccc(NCCSc5ccccc5)c([N+](=O)[O-])c4)cc3)CC2)C1.CCN(C)CC(C)C. The Morgan fingerprint density at radius 3 is 2.21 bits per heavy atom. The summed E-state index contributed by atoms with van der Waals surface area (Å²) in [6, 6.07) is 31.0. The van der Waals surface area contributed by atoms with Gasteiger partial charge in [-0.3, -0.25) is 24.5 Å². The van der Waals surface area contributed by atoms with E-state index in [9.17, 15) is 14.9 Å². The van der Waals surface area contributed by atoms with E-state index in [4.69, 9.17) is 11.6 Å². The van der Waals surface area contributed by atoms with Crippen molar-refractivity contribution in [1.82, 2.24) is 14.5 Å². The summed E-state index contributed by atoms with van der Waals surface area (Å²) >= 11 is 8.95. The standard InChI is InChI=1S/C40H44ClN5O3S2.C7H17N.C2H6/c1-40(2)19-18-36(29-8-12-32(41)13-9-29)31(27-40)28-44-21-23-45(24-22-44)33-14-10-30(11-15-33)39(47)43-51-35-16-17-37(38(26-35)46(48)49)42-20-25-50-34-6-4-3-5-7-34;1-5-8(4)6-7(2)3;1-2/h3-17,26,42H,18-25,27-28H2,1-2H3,(H,43,47);7H,5-6H2,1-4H3;1-2H3. The molecule has 1 aliphatic carbocycles. The van der Waals surface area contributed by atoms with E-state index in [2.05, 4.69) is 78.5 Å². The number of hydrogen-bond acceptors (Lipinski definition) is 9. The van der Waals surface area contributed by atoms with Gasteiger partial charge in [0.1, 0.15) is 5.69 Å². The number of nitro benzene ring substituents is 1. The van der Waals surface area contributed by atoms with E-state index in [1.54, 1.807) is 29.5 Å². The first-order chi connectivity index (χ1) is 29.3. The summed E-state index contributed by atoms with van der Waals surface area (Å²) in [7, 11) is 2.15. The summed E-state index contributed by atoms with van der Waals surface area (Å²) < 4.78 is 2.84. The second-order valence-electron chi connectivity index (χ2n) is 16.5. The molecule has 2 aliphatic rings. The first-order valence-corrected chi connectivity index (χ1v) is 23.9. The molecule has 0 bridgehead atoms. The molecule has 6 rings (SSSR count). The van der Waals surface area contributed by atoms with Crippen molar-refractivity contribution in [3.63, 3.8) is 0 Å². The molecule has 0 aromatic heterocycles. The average molecular weight is 888 g/mol. The van der Waals surface area contributed by atoms with Crippen LogP contribution in [0.3, 0.4) is 0 Å². The largest absolute Gasteiger partial charge is 0.379 e. The van der Waals surface area contributed by atoms with Crippen molar-refractivity contribution in [3.05, 3.63) is 129 Å². The Morgan fingerprint density at radius 2 is 1.61 bits per heavy atom. The fraction of sp³-hybridized carbons (Fsp3) is 0.449. The smallest absolute Gasteiger partial charge is 0.293 e. The minimum Gasteiger partial charge on any atom is -0.379 e. The summed E-state index contributed by atoms with van der Waals surface area (Å²) in [4.78, 5) is 33.4. The predicted octanol–water partition coefficient (Wildman–Crippen LogP) is 12.3. The van der Waals surface area contributed by atoms with E-state index in [1.165, 1.54) is 30.2 Å². The molecule has 1 heterocycles. The Hall–Kier alpha value is -4.00. The minimum absolute atomic E-state index is 0.0234. The third kappa shape index (κ3) is 16.3. The molecule has 4 aromatic rings. The average Bonchev–Trinajstić information content (AvgIpc) is 3.26.